The zero-order valence-electron chi connectivity index (χ0n) is 21.3. The molecule has 1 aliphatic carbocycles. The van der Waals surface area contributed by atoms with Gasteiger partial charge in [0.2, 0.25) is 0 Å². The van der Waals surface area contributed by atoms with Crippen LogP contribution in [0.4, 0.5) is 0 Å². The van der Waals surface area contributed by atoms with E-state index in [4.69, 9.17) is 4.74 Å². The average molecular weight is 480 g/mol. The first-order valence-corrected chi connectivity index (χ1v) is 13.5. The molecule has 3 heteroatoms. The molecule has 0 N–H and O–H groups in total. The third kappa shape index (κ3) is 5.17. The third-order valence-electron chi connectivity index (χ3n) is 7.84. The second-order valence-corrected chi connectivity index (χ2v) is 10.0. The van der Waals surface area contributed by atoms with E-state index in [1.807, 2.05) is 30.3 Å². The Morgan fingerprint density at radius 1 is 0.833 bits per heavy atom. The van der Waals surface area contributed by atoms with Gasteiger partial charge in [0.05, 0.1) is 12.5 Å². The van der Waals surface area contributed by atoms with Crippen LogP contribution in [0, 0.1) is 5.92 Å². The lowest BCUT2D eigenvalue weighted by Crippen LogP contribution is -2.47. The van der Waals surface area contributed by atoms with Crippen molar-refractivity contribution in [3.63, 3.8) is 0 Å². The summed E-state index contributed by atoms with van der Waals surface area (Å²) in [5, 5.41) is 0. The van der Waals surface area contributed by atoms with E-state index in [0.29, 0.717) is 19.3 Å². The van der Waals surface area contributed by atoms with Gasteiger partial charge in [0.15, 0.2) is 5.78 Å². The number of benzene rings is 3. The van der Waals surface area contributed by atoms with E-state index >= 15 is 0 Å². The second-order valence-electron chi connectivity index (χ2n) is 10.0. The van der Waals surface area contributed by atoms with Gasteiger partial charge in [0, 0.05) is 36.4 Å². The Hall–Kier alpha value is -3.17. The first kappa shape index (κ1) is 24.5. The lowest BCUT2D eigenvalue weighted by molar-refractivity contribution is 0.0826. The first-order valence-electron chi connectivity index (χ1n) is 13.5. The normalized spacial score (nSPS) is 21.0. The third-order valence-corrected chi connectivity index (χ3v) is 7.84. The minimum atomic E-state index is -0.167. The van der Waals surface area contributed by atoms with Crippen molar-refractivity contribution in [1.82, 2.24) is 4.90 Å². The van der Waals surface area contributed by atoms with Crippen molar-refractivity contribution in [2.45, 2.75) is 51.0 Å². The number of ether oxygens (including phenoxy) is 1. The molecule has 1 aliphatic heterocycles. The highest BCUT2D eigenvalue weighted by Gasteiger charge is 2.42. The van der Waals surface area contributed by atoms with Gasteiger partial charge in [-0.1, -0.05) is 110 Å². The van der Waals surface area contributed by atoms with Crippen LogP contribution < -0.4 is 0 Å². The highest BCUT2D eigenvalue weighted by atomic mass is 16.5. The van der Waals surface area contributed by atoms with Crippen LogP contribution in [0.3, 0.4) is 0 Å². The standard InChI is InChI=1S/C33H37NO2/c1-2-36-24-30-31(25-15-7-3-8-16-25)29(33(35)27-19-11-5-12-20-27)23-34(28-21-13-6-14-22-28)32(30)26-17-9-4-10-18-26/h3-5,7-12,15-20,28-29,31H,2,6,13-14,21-24H2,1H3/t29-,31-/m0/s1. The number of Topliss-reactive ketones (excluding diaryl/α,β-unsaturated/α-hetero) is 1. The number of carbonyl (C=O) groups is 1. The Balaban J connectivity index is 1.71. The number of rotatable bonds is 8. The van der Waals surface area contributed by atoms with Crippen molar-refractivity contribution < 1.29 is 9.53 Å². The summed E-state index contributed by atoms with van der Waals surface area (Å²) in [6.07, 6.45) is 6.17. The lowest BCUT2D eigenvalue weighted by atomic mass is 9.72. The zero-order chi connectivity index (χ0) is 24.7. The molecule has 0 aromatic heterocycles. The van der Waals surface area contributed by atoms with Crippen molar-refractivity contribution in [3.8, 4) is 0 Å². The summed E-state index contributed by atoms with van der Waals surface area (Å²) in [6, 6.07) is 31.7. The monoisotopic (exact) mass is 479 g/mol. The van der Waals surface area contributed by atoms with Gasteiger partial charge in [-0.25, -0.2) is 0 Å². The van der Waals surface area contributed by atoms with Crippen LogP contribution in [-0.4, -0.2) is 36.5 Å². The SMILES string of the molecule is CCOCC1=C(c2ccccc2)N(C2CCCCC2)C[C@H](C(=O)c2ccccc2)[C@@H]1c1ccccc1. The molecule has 2 aliphatic rings. The largest absolute Gasteiger partial charge is 0.377 e. The molecule has 3 aromatic rings. The van der Waals surface area contributed by atoms with Crippen molar-refractivity contribution >= 4 is 11.5 Å². The molecule has 0 amide bonds. The van der Waals surface area contributed by atoms with Crippen molar-refractivity contribution in [2.24, 2.45) is 5.92 Å². The van der Waals surface area contributed by atoms with Crippen LogP contribution in [0.5, 0.6) is 0 Å². The molecule has 1 fully saturated rings. The van der Waals surface area contributed by atoms with Gasteiger partial charge in [-0.15, -0.1) is 0 Å². The Morgan fingerprint density at radius 3 is 2.08 bits per heavy atom. The van der Waals surface area contributed by atoms with Gasteiger partial charge in [-0.3, -0.25) is 4.79 Å². The number of hydrogen-bond acceptors (Lipinski definition) is 3. The van der Waals surface area contributed by atoms with Gasteiger partial charge >= 0.3 is 0 Å². The second kappa shape index (κ2) is 11.7. The predicted octanol–water partition coefficient (Wildman–Crippen LogP) is 7.37. The van der Waals surface area contributed by atoms with Crippen molar-refractivity contribution in [1.29, 1.82) is 0 Å². The van der Waals surface area contributed by atoms with Gasteiger partial charge in [-0.2, -0.15) is 0 Å². The molecule has 0 bridgehead atoms. The highest BCUT2D eigenvalue weighted by molar-refractivity contribution is 5.99. The van der Waals surface area contributed by atoms with Crippen LogP contribution in [0.2, 0.25) is 0 Å². The van der Waals surface area contributed by atoms with E-state index in [1.54, 1.807) is 0 Å². The maximum Gasteiger partial charge on any atom is 0.168 e. The molecule has 36 heavy (non-hydrogen) atoms. The molecule has 1 heterocycles. The lowest BCUT2D eigenvalue weighted by Gasteiger charge is -2.47. The molecular weight excluding hydrogens is 442 g/mol. The van der Waals surface area contributed by atoms with E-state index in [2.05, 4.69) is 72.5 Å². The first-order chi connectivity index (χ1) is 17.8. The fourth-order valence-corrected chi connectivity index (χ4v) is 6.17. The summed E-state index contributed by atoms with van der Waals surface area (Å²) in [4.78, 5) is 16.8. The fourth-order valence-electron chi connectivity index (χ4n) is 6.17. The summed E-state index contributed by atoms with van der Waals surface area (Å²) >= 11 is 0. The Labute approximate surface area is 215 Å². The van der Waals surface area contributed by atoms with Crippen LogP contribution in [0.15, 0.2) is 96.6 Å². The van der Waals surface area contributed by atoms with Crippen LogP contribution >= 0.6 is 0 Å². The summed E-state index contributed by atoms with van der Waals surface area (Å²) in [7, 11) is 0. The summed E-state index contributed by atoms with van der Waals surface area (Å²) in [5.41, 5.74) is 5.73. The van der Waals surface area contributed by atoms with E-state index in [9.17, 15) is 4.79 Å². The summed E-state index contributed by atoms with van der Waals surface area (Å²) in [6.45, 7) is 3.96. The van der Waals surface area contributed by atoms with Crippen LogP contribution in [-0.2, 0) is 4.74 Å². The minimum absolute atomic E-state index is 0.0273. The van der Waals surface area contributed by atoms with Crippen molar-refractivity contribution in [3.05, 3.63) is 113 Å². The zero-order valence-corrected chi connectivity index (χ0v) is 21.3. The molecule has 186 valence electrons. The van der Waals surface area contributed by atoms with E-state index in [-0.39, 0.29) is 17.6 Å². The molecule has 5 rings (SSSR count). The van der Waals surface area contributed by atoms with Crippen LogP contribution in [0.25, 0.3) is 5.70 Å². The summed E-state index contributed by atoms with van der Waals surface area (Å²) < 4.78 is 6.15. The number of nitrogens with zero attached hydrogens (tertiary/aromatic N) is 1. The maximum absolute atomic E-state index is 14.2. The van der Waals surface area contributed by atoms with E-state index < -0.39 is 0 Å². The molecule has 3 aromatic carbocycles. The van der Waals surface area contributed by atoms with Gasteiger partial charge in [0.1, 0.15) is 0 Å². The van der Waals surface area contributed by atoms with Gasteiger partial charge < -0.3 is 9.64 Å². The van der Waals surface area contributed by atoms with Gasteiger partial charge in [0.25, 0.3) is 0 Å². The molecule has 0 radical (unpaired) electrons. The van der Waals surface area contributed by atoms with E-state index in [1.165, 1.54) is 54.5 Å². The smallest absolute Gasteiger partial charge is 0.168 e. The van der Waals surface area contributed by atoms with Gasteiger partial charge in [-0.05, 0) is 36.5 Å². The molecule has 2 atom stereocenters. The molecule has 3 nitrogen and oxygen atoms in total. The minimum Gasteiger partial charge on any atom is -0.377 e. The summed E-state index contributed by atoms with van der Waals surface area (Å²) in [5.74, 6) is 0.0338. The fraction of sp³-hybridized carbons (Fsp3) is 0.364. The quantitative estimate of drug-likeness (QED) is 0.316. The van der Waals surface area contributed by atoms with Crippen molar-refractivity contribution in [2.75, 3.05) is 19.8 Å². The molecular formula is C33H37NO2. The number of ketones is 1. The number of carbonyl (C=O) groups excluding carboxylic acids is 1. The molecule has 1 saturated carbocycles. The van der Waals surface area contributed by atoms with E-state index in [0.717, 1.165) is 12.1 Å². The molecule has 0 saturated heterocycles. The maximum atomic E-state index is 14.2. The van der Waals surface area contributed by atoms with Crippen LogP contribution in [0.1, 0.15) is 66.4 Å². The highest BCUT2D eigenvalue weighted by Crippen LogP contribution is 2.46. The molecule has 0 spiro atoms. The predicted molar refractivity (Wildman–Crippen MR) is 147 cm³/mol. The average Bonchev–Trinajstić information content (AvgIpc) is 2.96. The Bertz CT molecular complexity index is 1150. The topological polar surface area (TPSA) is 29.5 Å². The Morgan fingerprint density at radius 2 is 1.44 bits per heavy atom. The molecule has 0 unspecified atom stereocenters. The number of hydrogen-bond donors (Lipinski definition) is 0. The Kier molecular flexibility index (Phi) is 7.98.